The molecule has 0 aliphatic carbocycles. The van der Waals surface area contributed by atoms with Gasteiger partial charge in [0, 0.05) is 24.5 Å². The first kappa shape index (κ1) is 11.8. The third-order valence-electron chi connectivity index (χ3n) is 3.02. The number of aromatic nitrogens is 4. The van der Waals surface area contributed by atoms with Crippen LogP contribution in [0.4, 0.5) is 0 Å². The molecule has 0 aliphatic heterocycles. The molecule has 1 aromatic carbocycles. The van der Waals surface area contributed by atoms with Crippen molar-refractivity contribution in [2.45, 2.75) is 13.5 Å². The monoisotopic (exact) mass is 253 g/mol. The fraction of sp³-hybridized carbons (Fsp3) is 0.214. The third-order valence-corrected chi connectivity index (χ3v) is 3.02. The van der Waals surface area contributed by atoms with Crippen LogP contribution in [-0.2, 0) is 6.54 Å². The molecule has 2 heterocycles. The first-order valence-corrected chi connectivity index (χ1v) is 6.34. The van der Waals surface area contributed by atoms with E-state index in [0.29, 0.717) is 0 Å². The molecule has 0 saturated heterocycles. The summed E-state index contributed by atoms with van der Waals surface area (Å²) in [7, 11) is 0. The predicted octanol–water partition coefficient (Wildman–Crippen LogP) is 1.92. The zero-order valence-electron chi connectivity index (χ0n) is 10.7. The van der Waals surface area contributed by atoms with E-state index in [1.165, 1.54) is 0 Å². The van der Waals surface area contributed by atoms with Gasteiger partial charge in [-0.25, -0.2) is 4.68 Å². The Morgan fingerprint density at radius 3 is 3.00 bits per heavy atom. The molecule has 0 spiro atoms. The quantitative estimate of drug-likeness (QED) is 0.772. The third kappa shape index (κ3) is 2.20. The molecule has 0 fully saturated rings. The number of nitrogens with one attached hydrogen (secondary N) is 1. The number of para-hydroxylation sites is 1. The van der Waals surface area contributed by atoms with Gasteiger partial charge in [0.2, 0.25) is 0 Å². The topological polar surface area (TPSA) is 55.6 Å². The first-order valence-electron chi connectivity index (χ1n) is 6.34. The fourth-order valence-electron chi connectivity index (χ4n) is 2.07. The number of hydrogen-bond acceptors (Lipinski definition) is 4. The summed E-state index contributed by atoms with van der Waals surface area (Å²) in [4.78, 5) is 4.19. The number of benzene rings is 1. The van der Waals surface area contributed by atoms with E-state index in [1.807, 2.05) is 41.2 Å². The lowest BCUT2D eigenvalue weighted by Gasteiger charge is -2.09. The highest BCUT2D eigenvalue weighted by Crippen LogP contribution is 2.18. The average molecular weight is 253 g/mol. The highest BCUT2D eigenvalue weighted by molar-refractivity contribution is 5.76. The van der Waals surface area contributed by atoms with E-state index < -0.39 is 0 Å². The van der Waals surface area contributed by atoms with Crippen LogP contribution in [0.25, 0.3) is 16.7 Å². The van der Waals surface area contributed by atoms with Gasteiger partial charge in [-0.1, -0.05) is 24.3 Å². The smallest absolute Gasteiger partial charge is 0.113 e. The summed E-state index contributed by atoms with van der Waals surface area (Å²) in [6.07, 6.45) is 3.65. The largest absolute Gasteiger partial charge is 0.313 e. The van der Waals surface area contributed by atoms with Crippen LogP contribution in [-0.4, -0.2) is 26.5 Å². The zero-order chi connectivity index (χ0) is 13.1. The molecular formula is C14H15N5. The summed E-state index contributed by atoms with van der Waals surface area (Å²) in [5.41, 5.74) is 4.03. The summed E-state index contributed by atoms with van der Waals surface area (Å²) >= 11 is 0. The van der Waals surface area contributed by atoms with Crippen LogP contribution in [0.5, 0.6) is 0 Å². The van der Waals surface area contributed by atoms with Crippen LogP contribution in [0.1, 0.15) is 12.5 Å². The highest BCUT2D eigenvalue weighted by atomic mass is 15.4. The lowest BCUT2D eigenvalue weighted by Crippen LogP contribution is -2.14. The Balaban J connectivity index is 2.11. The molecule has 3 rings (SSSR count). The highest BCUT2D eigenvalue weighted by Gasteiger charge is 2.09. The Bertz CT molecular complexity index is 689. The van der Waals surface area contributed by atoms with Crippen molar-refractivity contribution in [3.63, 3.8) is 0 Å². The van der Waals surface area contributed by atoms with E-state index in [-0.39, 0.29) is 0 Å². The second kappa shape index (κ2) is 5.16. The Labute approximate surface area is 111 Å². The van der Waals surface area contributed by atoms with Crippen LogP contribution in [0.2, 0.25) is 0 Å². The molecule has 5 heteroatoms. The van der Waals surface area contributed by atoms with E-state index in [1.54, 1.807) is 6.20 Å². The van der Waals surface area contributed by atoms with Crippen molar-refractivity contribution < 1.29 is 0 Å². The molecule has 19 heavy (non-hydrogen) atoms. The van der Waals surface area contributed by atoms with E-state index in [0.717, 1.165) is 35.4 Å². The second-order valence-electron chi connectivity index (χ2n) is 4.27. The molecule has 2 aromatic heterocycles. The maximum atomic E-state index is 4.25. The molecule has 0 aliphatic rings. The van der Waals surface area contributed by atoms with Crippen LogP contribution in [0.15, 0.2) is 42.7 Å². The lowest BCUT2D eigenvalue weighted by atomic mass is 10.2. The normalized spacial score (nSPS) is 11.0. The van der Waals surface area contributed by atoms with Crippen molar-refractivity contribution in [2.75, 3.05) is 6.54 Å². The number of nitrogens with zero attached hydrogens (tertiary/aromatic N) is 4. The minimum Gasteiger partial charge on any atom is -0.313 e. The van der Waals surface area contributed by atoms with Gasteiger partial charge in [0.15, 0.2) is 0 Å². The second-order valence-corrected chi connectivity index (χ2v) is 4.27. The van der Waals surface area contributed by atoms with Gasteiger partial charge in [0.1, 0.15) is 5.52 Å². The molecule has 0 unspecified atom stereocenters. The van der Waals surface area contributed by atoms with Gasteiger partial charge >= 0.3 is 0 Å². The molecule has 0 amide bonds. The first-order chi connectivity index (χ1) is 9.40. The number of fused-ring (bicyclic) bond motifs is 1. The zero-order valence-corrected chi connectivity index (χ0v) is 10.7. The number of pyridine rings is 1. The summed E-state index contributed by atoms with van der Waals surface area (Å²) < 4.78 is 1.86. The van der Waals surface area contributed by atoms with Crippen molar-refractivity contribution in [1.29, 1.82) is 0 Å². The van der Waals surface area contributed by atoms with Crippen LogP contribution >= 0.6 is 0 Å². The molecule has 0 radical (unpaired) electrons. The standard InChI is InChI=1S/C14H15N5/c1-2-15-9-11-10-16-8-7-13(11)19-14-6-4-3-5-12(14)17-18-19/h3-8,10,15H,2,9H2,1H3. The van der Waals surface area contributed by atoms with Crippen LogP contribution in [0.3, 0.4) is 0 Å². The van der Waals surface area contributed by atoms with Gasteiger partial charge in [-0.05, 0) is 24.7 Å². The average Bonchev–Trinajstić information content (AvgIpc) is 2.89. The Hall–Kier alpha value is -2.27. The molecule has 0 bridgehead atoms. The molecule has 96 valence electrons. The van der Waals surface area contributed by atoms with Gasteiger partial charge in [0.25, 0.3) is 0 Å². The van der Waals surface area contributed by atoms with Crippen molar-refractivity contribution in [1.82, 2.24) is 25.3 Å². The van der Waals surface area contributed by atoms with Gasteiger partial charge < -0.3 is 5.32 Å². The maximum Gasteiger partial charge on any atom is 0.113 e. The molecule has 5 nitrogen and oxygen atoms in total. The Kier molecular flexibility index (Phi) is 3.20. The SMILES string of the molecule is CCNCc1cnccc1-n1nnc2ccccc21. The van der Waals surface area contributed by atoms with Crippen molar-refractivity contribution in [2.24, 2.45) is 0 Å². The maximum absolute atomic E-state index is 4.25. The summed E-state index contributed by atoms with van der Waals surface area (Å²) in [5, 5.41) is 11.7. The van der Waals surface area contributed by atoms with Crippen molar-refractivity contribution in [3.05, 3.63) is 48.3 Å². The van der Waals surface area contributed by atoms with Crippen molar-refractivity contribution >= 4 is 11.0 Å². The van der Waals surface area contributed by atoms with E-state index in [2.05, 4.69) is 27.5 Å². The van der Waals surface area contributed by atoms with Crippen LogP contribution in [0, 0.1) is 0 Å². The van der Waals surface area contributed by atoms with Gasteiger partial charge in [-0.2, -0.15) is 0 Å². The molecule has 3 aromatic rings. The molecule has 0 saturated carbocycles. The minimum atomic E-state index is 0.772. The van der Waals surface area contributed by atoms with E-state index in [4.69, 9.17) is 0 Å². The lowest BCUT2D eigenvalue weighted by molar-refractivity contribution is 0.711. The molecular weight excluding hydrogens is 238 g/mol. The summed E-state index contributed by atoms with van der Waals surface area (Å²) in [6, 6.07) is 9.91. The number of rotatable bonds is 4. The Morgan fingerprint density at radius 1 is 1.21 bits per heavy atom. The fourth-order valence-corrected chi connectivity index (χ4v) is 2.07. The predicted molar refractivity (Wildman–Crippen MR) is 74.0 cm³/mol. The van der Waals surface area contributed by atoms with Gasteiger partial charge in [0.05, 0.1) is 11.2 Å². The minimum absolute atomic E-state index is 0.772. The van der Waals surface area contributed by atoms with Gasteiger partial charge in [-0.15, -0.1) is 5.10 Å². The number of hydrogen-bond donors (Lipinski definition) is 1. The molecule has 1 N–H and O–H groups in total. The summed E-state index contributed by atoms with van der Waals surface area (Å²) in [5.74, 6) is 0. The van der Waals surface area contributed by atoms with Crippen molar-refractivity contribution in [3.8, 4) is 5.69 Å². The Morgan fingerprint density at radius 2 is 2.11 bits per heavy atom. The van der Waals surface area contributed by atoms with Crippen LogP contribution < -0.4 is 5.32 Å². The molecule has 0 atom stereocenters. The van der Waals surface area contributed by atoms with Gasteiger partial charge in [-0.3, -0.25) is 4.98 Å². The van der Waals surface area contributed by atoms with E-state index >= 15 is 0 Å². The van der Waals surface area contributed by atoms with E-state index in [9.17, 15) is 0 Å². The summed E-state index contributed by atoms with van der Waals surface area (Å²) in [6.45, 7) is 3.78.